The average molecular weight is 318 g/mol. The summed E-state index contributed by atoms with van der Waals surface area (Å²) in [6.07, 6.45) is 3.01. The number of amides is 1. The molecule has 3 rings (SSSR count). The second kappa shape index (κ2) is 7.32. The summed E-state index contributed by atoms with van der Waals surface area (Å²) in [6, 6.07) is 8.63. The molecule has 1 heterocycles. The highest BCUT2D eigenvalue weighted by atomic mass is 16.5. The van der Waals surface area contributed by atoms with Crippen molar-refractivity contribution in [2.45, 2.75) is 31.8 Å². The fraction of sp³-hybridized carbons (Fsp3) is 0.611. The van der Waals surface area contributed by atoms with E-state index in [-0.39, 0.29) is 12.5 Å². The molecular weight excluding hydrogens is 292 g/mol. The molecule has 0 unspecified atom stereocenters. The number of piperidine rings is 1. The molecule has 1 aromatic carbocycles. The smallest absolute Gasteiger partial charge is 0.220 e. The van der Waals surface area contributed by atoms with Gasteiger partial charge in [0.15, 0.2) is 0 Å². The Bertz CT molecular complexity index is 532. The summed E-state index contributed by atoms with van der Waals surface area (Å²) in [5.74, 6) is 2.22. The fourth-order valence-electron chi connectivity index (χ4n) is 3.87. The highest BCUT2D eigenvalue weighted by Gasteiger charge is 2.39. The van der Waals surface area contributed by atoms with Crippen LogP contribution in [0.1, 0.15) is 24.8 Å². The highest BCUT2D eigenvalue weighted by Crippen LogP contribution is 2.38. The summed E-state index contributed by atoms with van der Waals surface area (Å²) in [4.78, 5) is 13.9. The van der Waals surface area contributed by atoms with Crippen LogP contribution in [-0.4, -0.2) is 48.8 Å². The van der Waals surface area contributed by atoms with Crippen LogP contribution in [0, 0.1) is 11.8 Å². The van der Waals surface area contributed by atoms with Crippen LogP contribution < -0.4 is 10.1 Å². The van der Waals surface area contributed by atoms with Crippen LogP contribution >= 0.6 is 0 Å². The first-order valence-electron chi connectivity index (χ1n) is 8.45. The number of hydrogen-bond acceptors (Lipinski definition) is 4. The minimum atomic E-state index is 0.0336. The number of carbonyl (C=O) groups excluding carboxylic acids is 1. The lowest BCUT2D eigenvalue weighted by Gasteiger charge is -2.24. The molecule has 2 fully saturated rings. The first-order valence-corrected chi connectivity index (χ1v) is 8.45. The molecule has 5 heteroatoms. The Morgan fingerprint density at radius 3 is 2.74 bits per heavy atom. The number of ether oxygens (including phenoxy) is 1. The Labute approximate surface area is 137 Å². The van der Waals surface area contributed by atoms with E-state index in [1.54, 1.807) is 0 Å². The Balaban J connectivity index is 1.53. The third-order valence-corrected chi connectivity index (χ3v) is 5.16. The molecular formula is C18H26N2O3. The zero-order chi connectivity index (χ0) is 16.2. The predicted octanol–water partition coefficient (Wildman–Crippen LogP) is 1.40. The minimum absolute atomic E-state index is 0.0336. The SMILES string of the molecule is CN(Cc1ccc(OCCO)cc1)[C@H]1C[C@H]2CNC(=O)C[C@H]2C1. The van der Waals surface area contributed by atoms with Gasteiger partial charge in [-0.2, -0.15) is 0 Å². The highest BCUT2D eigenvalue weighted by molar-refractivity contribution is 5.77. The van der Waals surface area contributed by atoms with E-state index in [1.807, 2.05) is 12.1 Å². The molecule has 0 aromatic heterocycles. The maximum atomic E-state index is 11.5. The molecule has 1 aliphatic heterocycles. The van der Waals surface area contributed by atoms with Gasteiger partial charge in [0.2, 0.25) is 5.91 Å². The van der Waals surface area contributed by atoms with Crippen LogP contribution in [0.2, 0.25) is 0 Å². The quantitative estimate of drug-likeness (QED) is 0.832. The predicted molar refractivity (Wildman–Crippen MR) is 88.1 cm³/mol. The number of carbonyl (C=O) groups is 1. The number of benzene rings is 1. The largest absolute Gasteiger partial charge is 0.491 e. The van der Waals surface area contributed by atoms with E-state index < -0.39 is 0 Å². The summed E-state index contributed by atoms with van der Waals surface area (Å²) in [7, 11) is 2.17. The molecule has 1 saturated heterocycles. The van der Waals surface area contributed by atoms with E-state index in [0.29, 0.717) is 30.9 Å². The van der Waals surface area contributed by atoms with Gasteiger partial charge in [0.25, 0.3) is 0 Å². The number of nitrogens with one attached hydrogen (secondary N) is 1. The summed E-state index contributed by atoms with van der Waals surface area (Å²) in [5.41, 5.74) is 1.26. The molecule has 126 valence electrons. The molecule has 0 radical (unpaired) electrons. The molecule has 1 aliphatic carbocycles. The van der Waals surface area contributed by atoms with Crippen molar-refractivity contribution in [3.8, 4) is 5.75 Å². The van der Waals surface area contributed by atoms with Crippen LogP contribution in [0.15, 0.2) is 24.3 Å². The van der Waals surface area contributed by atoms with Crippen LogP contribution in [0.3, 0.4) is 0 Å². The van der Waals surface area contributed by atoms with Gasteiger partial charge in [-0.05, 0) is 49.4 Å². The standard InChI is InChI=1S/C18H26N2O3/c1-20(12-13-2-4-17(5-3-13)23-7-6-21)16-8-14-10-18(22)19-11-15(14)9-16/h2-5,14-16,21H,6-12H2,1H3,(H,19,22)/t14-,15+,16-/m1/s1. The van der Waals surface area contributed by atoms with E-state index in [2.05, 4.69) is 29.4 Å². The first-order chi connectivity index (χ1) is 11.2. The number of hydrogen-bond donors (Lipinski definition) is 2. The third kappa shape index (κ3) is 4.03. The van der Waals surface area contributed by atoms with Crippen LogP contribution in [0.4, 0.5) is 0 Å². The van der Waals surface area contributed by atoms with Crippen LogP contribution in [0.25, 0.3) is 0 Å². The summed E-state index contributed by atoms with van der Waals surface area (Å²) >= 11 is 0. The molecule has 2 N–H and O–H groups in total. The molecule has 2 aliphatic rings. The number of fused-ring (bicyclic) bond motifs is 1. The van der Waals surface area contributed by atoms with Gasteiger partial charge in [0.1, 0.15) is 12.4 Å². The molecule has 3 atom stereocenters. The number of aliphatic hydroxyl groups is 1. The Hall–Kier alpha value is -1.59. The van der Waals surface area contributed by atoms with E-state index in [4.69, 9.17) is 9.84 Å². The molecule has 1 amide bonds. The molecule has 23 heavy (non-hydrogen) atoms. The van der Waals surface area contributed by atoms with Crippen molar-refractivity contribution in [2.24, 2.45) is 11.8 Å². The van der Waals surface area contributed by atoms with E-state index >= 15 is 0 Å². The summed E-state index contributed by atoms with van der Waals surface area (Å²) in [5, 5.41) is 11.8. The van der Waals surface area contributed by atoms with Crippen molar-refractivity contribution in [3.05, 3.63) is 29.8 Å². The van der Waals surface area contributed by atoms with E-state index in [1.165, 1.54) is 12.0 Å². The lowest BCUT2D eigenvalue weighted by atomic mass is 9.89. The van der Waals surface area contributed by atoms with Crippen LogP contribution in [0.5, 0.6) is 5.75 Å². The van der Waals surface area contributed by atoms with Crippen molar-refractivity contribution in [1.82, 2.24) is 10.2 Å². The van der Waals surface area contributed by atoms with Gasteiger partial charge < -0.3 is 15.2 Å². The number of rotatable bonds is 6. The normalized spacial score (nSPS) is 26.9. The maximum absolute atomic E-state index is 11.5. The van der Waals surface area contributed by atoms with Crippen molar-refractivity contribution in [2.75, 3.05) is 26.8 Å². The van der Waals surface area contributed by atoms with Gasteiger partial charge in [-0.1, -0.05) is 12.1 Å². The monoisotopic (exact) mass is 318 g/mol. The van der Waals surface area contributed by atoms with Crippen molar-refractivity contribution < 1.29 is 14.6 Å². The second-order valence-electron chi connectivity index (χ2n) is 6.78. The first kappa shape index (κ1) is 16.3. The molecule has 0 spiro atoms. The maximum Gasteiger partial charge on any atom is 0.220 e. The molecule has 1 aromatic rings. The van der Waals surface area contributed by atoms with Gasteiger partial charge in [-0.15, -0.1) is 0 Å². The fourth-order valence-corrected chi connectivity index (χ4v) is 3.87. The minimum Gasteiger partial charge on any atom is -0.491 e. The Morgan fingerprint density at radius 2 is 2.00 bits per heavy atom. The third-order valence-electron chi connectivity index (χ3n) is 5.16. The Kier molecular flexibility index (Phi) is 5.18. The van der Waals surface area contributed by atoms with Gasteiger partial charge in [0.05, 0.1) is 6.61 Å². The second-order valence-corrected chi connectivity index (χ2v) is 6.78. The van der Waals surface area contributed by atoms with Crippen molar-refractivity contribution in [1.29, 1.82) is 0 Å². The van der Waals surface area contributed by atoms with Gasteiger partial charge >= 0.3 is 0 Å². The van der Waals surface area contributed by atoms with E-state index in [0.717, 1.165) is 25.3 Å². The summed E-state index contributed by atoms with van der Waals surface area (Å²) in [6.45, 7) is 2.12. The molecule has 5 nitrogen and oxygen atoms in total. The van der Waals surface area contributed by atoms with Gasteiger partial charge in [-0.3, -0.25) is 9.69 Å². The molecule has 0 bridgehead atoms. The Morgan fingerprint density at radius 1 is 1.26 bits per heavy atom. The van der Waals surface area contributed by atoms with Gasteiger partial charge in [0, 0.05) is 25.6 Å². The summed E-state index contributed by atoms with van der Waals surface area (Å²) < 4.78 is 5.39. The molecule has 1 saturated carbocycles. The topological polar surface area (TPSA) is 61.8 Å². The lowest BCUT2D eigenvalue weighted by molar-refractivity contribution is -0.124. The zero-order valence-electron chi connectivity index (χ0n) is 13.7. The van der Waals surface area contributed by atoms with Gasteiger partial charge in [-0.25, -0.2) is 0 Å². The van der Waals surface area contributed by atoms with Crippen molar-refractivity contribution >= 4 is 5.91 Å². The van der Waals surface area contributed by atoms with Crippen molar-refractivity contribution in [3.63, 3.8) is 0 Å². The average Bonchev–Trinajstić information content (AvgIpc) is 2.97. The number of aliphatic hydroxyl groups excluding tert-OH is 1. The lowest BCUT2D eigenvalue weighted by Crippen LogP contribution is -2.38. The van der Waals surface area contributed by atoms with E-state index in [9.17, 15) is 4.79 Å². The number of nitrogens with zero attached hydrogens (tertiary/aromatic N) is 1. The van der Waals surface area contributed by atoms with Crippen LogP contribution in [-0.2, 0) is 11.3 Å². The zero-order valence-corrected chi connectivity index (χ0v) is 13.7.